The van der Waals surface area contributed by atoms with E-state index in [9.17, 15) is 4.79 Å². The number of nitrogens with zero attached hydrogens (tertiary/aromatic N) is 3. The largest absolute Gasteiger partial charge is 0.316 e. The number of hydrogen-bond donors (Lipinski definition) is 1. The van der Waals surface area contributed by atoms with Gasteiger partial charge in [-0.2, -0.15) is 0 Å². The third-order valence-corrected chi connectivity index (χ3v) is 4.38. The van der Waals surface area contributed by atoms with Gasteiger partial charge in [-0.3, -0.25) is 4.79 Å². The van der Waals surface area contributed by atoms with Gasteiger partial charge in [0.15, 0.2) is 0 Å². The van der Waals surface area contributed by atoms with Gasteiger partial charge in [-0.15, -0.1) is 0 Å². The predicted molar refractivity (Wildman–Crippen MR) is 75.4 cm³/mol. The van der Waals surface area contributed by atoms with Gasteiger partial charge in [0.25, 0.3) is 5.56 Å². The van der Waals surface area contributed by atoms with Gasteiger partial charge in [0.1, 0.15) is 6.33 Å². The molecular weight excluding hydrogens is 252 g/mol. The van der Waals surface area contributed by atoms with Crippen LogP contribution < -0.4 is 10.9 Å². The molecule has 1 fully saturated rings. The van der Waals surface area contributed by atoms with Crippen molar-refractivity contribution in [3.63, 3.8) is 0 Å². The van der Waals surface area contributed by atoms with Gasteiger partial charge in [-0.25, -0.2) is 9.97 Å². The SMILES string of the molecule is O=c1c(-c2cncnc2)ccc2n1C[C@H]1CNC[C@H]2C1. The lowest BCUT2D eigenvalue weighted by molar-refractivity contribution is 0.257. The maximum atomic E-state index is 12.7. The van der Waals surface area contributed by atoms with Gasteiger partial charge in [0.05, 0.1) is 5.56 Å². The summed E-state index contributed by atoms with van der Waals surface area (Å²) in [5.74, 6) is 1.04. The summed E-state index contributed by atoms with van der Waals surface area (Å²) in [7, 11) is 0. The van der Waals surface area contributed by atoms with E-state index in [0.29, 0.717) is 17.4 Å². The van der Waals surface area contributed by atoms with E-state index in [2.05, 4.69) is 21.4 Å². The molecule has 1 N–H and O–H groups in total. The van der Waals surface area contributed by atoms with Crippen LogP contribution in [0, 0.1) is 5.92 Å². The summed E-state index contributed by atoms with van der Waals surface area (Å²) in [4.78, 5) is 20.7. The Morgan fingerprint density at radius 3 is 2.90 bits per heavy atom. The van der Waals surface area contributed by atoms with Gasteiger partial charge >= 0.3 is 0 Å². The lowest BCUT2D eigenvalue weighted by atomic mass is 9.84. The summed E-state index contributed by atoms with van der Waals surface area (Å²) in [6, 6.07) is 4.01. The maximum absolute atomic E-state index is 12.7. The summed E-state index contributed by atoms with van der Waals surface area (Å²) in [6.07, 6.45) is 6.07. The number of fused-ring (bicyclic) bond motifs is 4. The Morgan fingerprint density at radius 2 is 2.05 bits per heavy atom. The number of rotatable bonds is 1. The highest BCUT2D eigenvalue weighted by molar-refractivity contribution is 5.60. The number of aromatic nitrogens is 3. The third kappa shape index (κ3) is 1.78. The second kappa shape index (κ2) is 4.52. The molecule has 2 aliphatic rings. The molecule has 20 heavy (non-hydrogen) atoms. The van der Waals surface area contributed by atoms with Gasteiger partial charge in [0, 0.05) is 42.7 Å². The first-order chi connectivity index (χ1) is 9.83. The zero-order valence-electron chi connectivity index (χ0n) is 11.1. The fraction of sp³-hybridized carbons (Fsp3) is 0.400. The smallest absolute Gasteiger partial charge is 0.258 e. The van der Waals surface area contributed by atoms with Crippen LogP contribution in [0.4, 0.5) is 0 Å². The minimum atomic E-state index is 0.0916. The van der Waals surface area contributed by atoms with Crippen molar-refractivity contribution in [3.8, 4) is 11.1 Å². The van der Waals surface area contributed by atoms with Crippen LogP contribution >= 0.6 is 0 Å². The van der Waals surface area contributed by atoms with E-state index in [4.69, 9.17) is 0 Å². The van der Waals surface area contributed by atoms with E-state index < -0.39 is 0 Å². The van der Waals surface area contributed by atoms with E-state index in [1.165, 1.54) is 18.4 Å². The molecule has 5 heteroatoms. The lowest BCUT2D eigenvalue weighted by Gasteiger charge is -2.37. The van der Waals surface area contributed by atoms with Crippen molar-refractivity contribution in [2.45, 2.75) is 18.9 Å². The monoisotopic (exact) mass is 268 g/mol. The molecule has 0 saturated carbocycles. The van der Waals surface area contributed by atoms with E-state index in [1.807, 2.05) is 10.6 Å². The number of piperidine rings is 1. The average Bonchev–Trinajstić information content (AvgIpc) is 2.50. The standard InChI is InChI=1S/C15H16N4O/c20-15-13(12-6-17-9-18-7-12)1-2-14-11-3-10(4-16-5-11)8-19(14)15/h1-2,6-7,9-11,16H,3-5,8H2/t10-,11-/m1/s1. The normalized spacial score (nSPS) is 24.2. The van der Waals surface area contributed by atoms with Crippen molar-refractivity contribution in [1.29, 1.82) is 0 Å². The Labute approximate surface area is 116 Å². The minimum Gasteiger partial charge on any atom is -0.316 e. The highest BCUT2D eigenvalue weighted by atomic mass is 16.1. The van der Waals surface area contributed by atoms with E-state index >= 15 is 0 Å². The molecule has 5 nitrogen and oxygen atoms in total. The molecule has 2 bridgehead atoms. The highest BCUT2D eigenvalue weighted by Gasteiger charge is 2.31. The fourth-order valence-electron chi connectivity index (χ4n) is 3.45. The summed E-state index contributed by atoms with van der Waals surface area (Å²) in [6.45, 7) is 2.81. The van der Waals surface area contributed by atoms with Gasteiger partial charge in [0.2, 0.25) is 0 Å². The average molecular weight is 268 g/mol. The third-order valence-electron chi connectivity index (χ3n) is 4.38. The number of hydrogen-bond acceptors (Lipinski definition) is 4. The van der Waals surface area contributed by atoms with Gasteiger partial charge in [-0.1, -0.05) is 0 Å². The Morgan fingerprint density at radius 1 is 1.20 bits per heavy atom. The summed E-state index contributed by atoms with van der Waals surface area (Å²) < 4.78 is 1.96. The fourth-order valence-corrected chi connectivity index (χ4v) is 3.45. The molecule has 4 heterocycles. The zero-order chi connectivity index (χ0) is 13.5. The van der Waals surface area contributed by atoms with Crippen LogP contribution in [0.1, 0.15) is 18.0 Å². The van der Waals surface area contributed by atoms with Crippen molar-refractivity contribution in [1.82, 2.24) is 19.9 Å². The van der Waals surface area contributed by atoms with Crippen LogP contribution in [0.3, 0.4) is 0 Å². The van der Waals surface area contributed by atoms with Crippen LogP contribution in [-0.4, -0.2) is 27.6 Å². The quantitative estimate of drug-likeness (QED) is 0.838. The summed E-state index contributed by atoms with van der Waals surface area (Å²) in [5, 5.41) is 3.46. The maximum Gasteiger partial charge on any atom is 0.258 e. The van der Waals surface area contributed by atoms with Gasteiger partial charge in [-0.05, 0) is 31.0 Å². The Kier molecular flexibility index (Phi) is 2.67. The molecule has 0 spiro atoms. The Bertz CT molecular complexity index is 695. The Hall–Kier alpha value is -2.01. The first-order valence-electron chi connectivity index (χ1n) is 7.03. The zero-order valence-corrected chi connectivity index (χ0v) is 11.1. The van der Waals surface area contributed by atoms with Crippen molar-refractivity contribution in [3.05, 3.63) is 46.9 Å². The molecule has 2 atom stereocenters. The van der Waals surface area contributed by atoms with Crippen LogP contribution in [0.15, 0.2) is 35.6 Å². The van der Waals surface area contributed by atoms with E-state index in [-0.39, 0.29) is 5.56 Å². The lowest BCUT2D eigenvalue weighted by Crippen LogP contribution is -2.45. The number of nitrogens with one attached hydrogen (secondary N) is 1. The molecule has 2 aromatic rings. The molecule has 0 unspecified atom stereocenters. The van der Waals surface area contributed by atoms with Crippen LogP contribution in [0.25, 0.3) is 11.1 Å². The Balaban J connectivity index is 1.86. The van der Waals surface area contributed by atoms with Gasteiger partial charge < -0.3 is 9.88 Å². The first kappa shape index (κ1) is 11.8. The molecule has 102 valence electrons. The molecule has 0 radical (unpaired) electrons. The molecule has 2 aliphatic heterocycles. The molecule has 0 aliphatic carbocycles. The highest BCUT2D eigenvalue weighted by Crippen LogP contribution is 2.32. The summed E-state index contributed by atoms with van der Waals surface area (Å²) >= 11 is 0. The topological polar surface area (TPSA) is 59.8 Å². The van der Waals surface area contributed by atoms with Crippen LogP contribution in [0.2, 0.25) is 0 Å². The molecule has 0 aromatic carbocycles. The predicted octanol–water partition coefficient (Wildman–Crippen LogP) is 1.01. The molecule has 0 amide bonds. The van der Waals surface area contributed by atoms with Crippen molar-refractivity contribution in [2.24, 2.45) is 5.92 Å². The molecule has 4 rings (SSSR count). The minimum absolute atomic E-state index is 0.0916. The van der Waals surface area contributed by atoms with Crippen LogP contribution in [-0.2, 0) is 6.54 Å². The summed E-state index contributed by atoms with van der Waals surface area (Å²) in [5.41, 5.74) is 2.75. The molecule has 2 aromatic heterocycles. The van der Waals surface area contributed by atoms with E-state index in [1.54, 1.807) is 12.4 Å². The van der Waals surface area contributed by atoms with Crippen LogP contribution in [0.5, 0.6) is 0 Å². The second-order valence-electron chi connectivity index (χ2n) is 5.67. The van der Waals surface area contributed by atoms with Crippen molar-refractivity contribution in [2.75, 3.05) is 13.1 Å². The molecular formula is C15H16N4O. The van der Waals surface area contributed by atoms with Crippen molar-refractivity contribution < 1.29 is 0 Å². The molecule has 1 saturated heterocycles. The number of pyridine rings is 1. The van der Waals surface area contributed by atoms with Crippen molar-refractivity contribution >= 4 is 0 Å². The van der Waals surface area contributed by atoms with E-state index in [0.717, 1.165) is 25.2 Å². The first-order valence-corrected chi connectivity index (χ1v) is 7.03. The second-order valence-corrected chi connectivity index (χ2v) is 5.67.